The van der Waals surface area contributed by atoms with E-state index in [0.29, 0.717) is 21.5 Å². The first-order valence-electron chi connectivity index (χ1n) is 7.42. The number of rotatable bonds is 6. The summed E-state index contributed by atoms with van der Waals surface area (Å²) in [7, 11) is 1.56. The lowest BCUT2D eigenvalue weighted by Crippen LogP contribution is -2.31. The highest BCUT2D eigenvalue weighted by molar-refractivity contribution is 6.35. The highest BCUT2D eigenvalue weighted by Gasteiger charge is 2.14. The summed E-state index contributed by atoms with van der Waals surface area (Å²) in [6.07, 6.45) is 0. The third-order valence-electron chi connectivity index (χ3n) is 3.48. The normalized spacial score (nSPS) is 11.7. The van der Waals surface area contributed by atoms with Crippen molar-refractivity contribution >= 4 is 29.1 Å². The fourth-order valence-electron chi connectivity index (χ4n) is 2.25. The first-order valence-corrected chi connectivity index (χ1v) is 8.18. The maximum atomic E-state index is 12.1. The van der Waals surface area contributed by atoms with Crippen molar-refractivity contribution in [2.24, 2.45) is 0 Å². The average molecular weight is 368 g/mol. The van der Waals surface area contributed by atoms with Crippen LogP contribution in [0.25, 0.3) is 0 Å². The summed E-state index contributed by atoms with van der Waals surface area (Å²) < 4.78 is 10.8. The molecule has 0 fully saturated rings. The van der Waals surface area contributed by atoms with Gasteiger partial charge in [0.25, 0.3) is 5.91 Å². The van der Waals surface area contributed by atoms with Crippen molar-refractivity contribution in [3.05, 3.63) is 57.6 Å². The van der Waals surface area contributed by atoms with Crippen molar-refractivity contribution < 1.29 is 14.3 Å². The summed E-state index contributed by atoms with van der Waals surface area (Å²) in [5.74, 6) is 0.864. The van der Waals surface area contributed by atoms with Crippen LogP contribution in [0.5, 0.6) is 11.5 Å². The van der Waals surface area contributed by atoms with Gasteiger partial charge in [-0.1, -0.05) is 35.3 Å². The van der Waals surface area contributed by atoms with Crippen molar-refractivity contribution in [3.63, 3.8) is 0 Å². The van der Waals surface area contributed by atoms with E-state index in [4.69, 9.17) is 32.7 Å². The van der Waals surface area contributed by atoms with Crippen LogP contribution in [0.3, 0.4) is 0 Å². The molecule has 1 N–H and O–H groups in total. The second kappa shape index (κ2) is 8.27. The van der Waals surface area contributed by atoms with Gasteiger partial charge in [-0.3, -0.25) is 4.79 Å². The number of methoxy groups -OCH3 is 1. The third-order valence-corrected chi connectivity index (χ3v) is 4.05. The minimum Gasteiger partial charge on any atom is -0.493 e. The number of hydrogen-bond acceptors (Lipinski definition) is 3. The second-order valence-electron chi connectivity index (χ2n) is 5.40. The van der Waals surface area contributed by atoms with E-state index in [9.17, 15) is 4.79 Å². The molecule has 6 heteroatoms. The Labute approximate surface area is 151 Å². The number of aryl methyl sites for hydroxylation is 1. The second-order valence-corrected chi connectivity index (χ2v) is 6.24. The molecule has 2 rings (SSSR count). The van der Waals surface area contributed by atoms with Gasteiger partial charge in [-0.2, -0.15) is 0 Å². The van der Waals surface area contributed by atoms with Crippen molar-refractivity contribution in [2.45, 2.75) is 19.9 Å². The van der Waals surface area contributed by atoms with Crippen LogP contribution in [0, 0.1) is 6.92 Å². The molecule has 0 spiro atoms. The molecule has 1 amide bonds. The van der Waals surface area contributed by atoms with Crippen LogP contribution in [0.1, 0.15) is 24.1 Å². The van der Waals surface area contributed by atoms with Crippen LogP contribution >= 0.6 is 23.2 Å². The Kier molecular flexibility index (Phi) is 6.35. The summed E-state index contributed by atoms with van der Waals surface area (Å²) >= 11 is 12.0. The molecule has 2 aromatic rings. The summed E-state index contributed by atoms with van der Waals surface area (Å²) in [6, 6.07) is 10.4. The molecule has 0 saturated heterocycles. The van der Waals surface area contributed by atoms with E-state index < -0.39 is 0 Å². The van der Waals surface area contributed by atoms with Gasteiger partial charge >= 0.3 is 0 Å². The van der Waals surface area contributed by atoms with E-state index in [-0.39, 0.29) is 18.6 Å². The third kappa shape index (κ3) is 4.79. The zero-order chi connectivity index (χ0) is 17.7. The van der Waals surface area contributed by atoms with E-state index in [1.165, 1.54) is 0 Å². The molecule has 24 heavy (non-hydrogen) atoms. The van der Waals surface area contributed by atoms with Crippen LogP contribution < -0.4 is 14.8 Å². The van der Waals surface area contributed by atoms with Crippen LogP contribution in [0.15, 0.2) is 36.4 Å². The molecule has 0 aliphatic heterocycles. The van der Waals surface area contributed by atoms with Gasteiger partial charge in [-0.15, -0.1) is 0 Å². The SMILES string of the molecule is COc1cc(C)ccc1OCC(=O)N[C@H](C)c1ccc(Cl)cc1Cl. The quantitative estimate of drug-likeness (QED) is 0.813. The van der Waals surface area contributed by atoms with Gasteiger partial charge in [0.15, 0.2) is 18.1 Å². The minimum atomic E-state index is -0.259. The Morgan fingerprint density at radius 1 is 1.17 bits per heavy atom. The fraction of sp³-hybridized carbons (Fsp3) is 0.278. The zero-order valence-electron chi connectivity index (χ0n) is 13.7. The lowest BCUT2D eigenvalue weighted by atomic mass is 10.1. The standard InChI is InChI=1S/C18H19Cl2NO3/c1-11-4-7-16(17(8-11)23-3)24-10-18(22)21-12(2)14-6-5-13(19)9-15(14)20/h4-9,12H,10H2,1-3H3,(H,21,22)/t12-/m1/s1. The topological polar surface area (TPSA) is 47.6 Å². The van der Waals surface area contributed by atoms with Crippen molar-refractivity contribution in [2.75, 3.05) is 13.7 Å². The molecule has 0 unspecified atom stereocenters. The zero-order valence-corrected chi connectivity index (χ0v) is 15.2. The number of benzene rings is 2. The molecule has 0 radical (unpaired) electrons. The van der Waals surface area contributed by atoms with E-state index >= 15 is 0 Å². The molecular weight excluding hydrogens is 349 g/mol. The summed E-state index contributed by atoms with van der Waals surface area (Å²) in [6.45, 7) is 3.69. The van der Waals surface area contributed by atoms with Crippen molar-refractivity contribution in [1.82, 2.24) is 5.32 Å². The van der Waals surface area contributed by atoms with E-state index in [0.717, 1.165) is 11.1 Å². The number of carbonyl (C=O) groups excluding carboxylic acids is 1. The molecule has 0 saturated carbocycles. The Hall–Kier alpha value is -1.91. The summed E-state index contributed by atoms with van der Waals surface area (Å²) in [5.41, 5.74) is 1.84. The van der Waals surface area contributed by atoms with Crippen LogP contribution in [-0.2, 0) is 4.79 Å². The van der Waals surface area contributed by atoms with Gasteiger partial charge in [0, 0.05) is 10.0 Å². The first-order chi connectivity index (χ1) is 11.4. The number of halogens is 2. The molecule has 0 heterocycles. The number of ether oxygens (including phenoxy) is 2. The Balaban J connectivity index is 1.96. The number of nitrogens with one attached hydrogen (secondary N) is 1. The molecule has 4 nitrogen and oxygen atoms in total. The molecular formula is C18H19Cl2NO3. The highest BCUT2D eigenvalue weighted by atomic mass is 35.5. The van der Waals surface area contributed by atoms with Crippen LogP contribution in [0.2, 0.25) is 10.0 Å². The molecule has 0 aliphatic rings. The molecule has 0 aromatic heterocycles. The lowest BCUT2D eigenvalue weighted by molar-refractivity contribution is -0.123. The Morgan fingerprint density at radius 3 is 2.58 bits per heavy atom. The molecule has 128 valence electrons. The van der Waals surface area contributed by atoms with Gasteiger partial charge in [0.1, 0.15) is 0 Å². The van der Waals surface area contributed by atoms with Crippen LogP contribution in [-0.4, -0.2) is 19.6 Å². The maximum Gasteiger partial charge on any atom is 0.258 e. The van der Waals surface area contributed by atoms with E-state index in [1.807, 2.05) is 26.0 Å². The average Bonchev–Trinajstić information content (AvgIpc) is 2.53. The number of amides is 1. The highest BCUT2D eigenvalue weighted by Crippen LogP contribution is 2.28. The molecule has 0 bridgehead atoms. The lowest BCUT2D eigenvalue weighted by Gasteiger charge is -2.17. The minimum absolute atomic E-state index is 0.116. The molecule has 1 atom stereocenters. The number of carbonyl (C=O) groups is 1. The van der Waals surface area contributed by atoms with Gasteiger partial charge in [-0.05, 0) is 49.2 Å². The summed E-state index contributed by atoms with van der Waals surface area (Å²) in [4.78, 5) is 12.1. The van der Waals surface area contributed by atoms with Gasteiger partial charge in [-0.25, -0.2) is 0 Å². The largest absolute Gasteiger partial charge is 0.493 e. The Bertz CT molecular complexity index is 734. The fourth-order valence-corrected chi connectivity index (χ4v) is 2.82. The summed E-state index contributed by atoms with van der Waals surface area (Å²) in [5, 5.41) is 3.91. The monoisotopic (exact) mass is 367 g/mol. The van der Waals surface area contributed by atoms with Crippen molar-refractivity contribution in [1.29, 1.82) is 0 Å². The molecule has 2 aromatic carbocycles. The molecule has 0 aliphatic carbocycles. The van der Waals surface area contributed by atoms with Crippen LogP contribution in [0.4, 0.5) is 0 Å². The maximum absolute atomic E-state index is 12.1. The van der Waals surface area contributed by atoms with E-state index in [2.05, 4.69) is 5.32 Å². The Morgan fingerprint density at radius 2 is 1.92 bits per heavy atom. The first kappa shape index (κ1) is 18.4. The van der Waals surface area contributed by atoms with Gasteiger partial charge in [0.05, 0.1) is 13.2 Å². The smallest absolute Gasteiger partial charge is 0.258 e. The van der Waals surface area contributed by atoms with Crippen molar-refractivity contribution in [3.8, 4) is 11.5 Å². The number of hydrogen-bond donors (Lipinski definition) is 1. The predicted molar refractivity (Wildman–Crippen MR) is 96.2 cm³/mol. The van der Waals surface area contributed by atoms with E-state index in [1.54, 1.807) is 31.4 Å². The van der Waals surface area contributed by atoms with Gasteiger partial charge in [0.2, 0.25) is 0 Å². The predicted octanol–water partition coefficient (Wildman–Crippen LogP) is 4.57. The van der Waals surface area contributed by atoms with Gasteiger partial charge < -0.3 is 14.8 Å².